The van der Waals surface area contributed by atoms with Crippen molar-refractivity contribution in [1.82, 2.24) is 0 Å². The molecule has 1 rings (SSSR count). The van der Waals surface area contributed by atoms with Crippen LogP contribution in [0.4, 0.5) is 0 Å². The van der Waals surface area contributed by atoms with Gasteiger partial charge >= 0.3 is 0 Å². The maximum Gasteiger partial charge on any atom is 0.145 e. The largest absolute Gasteiger partial charge is 0.298 e. The summed E-state index contributed by atoms with van der Waals surface area (Å²) in [7, 11) is 0. The lowest BCUT2D eigenvalue weighted by Crippen LogP contribution is -2.23. The van der Waals surface area contributed by atoms with Gasteiger partial charge in [0, 0.05) is 5.92 Å². The summed E-state index contributed by atoms with van der Waals surface area (Å²) >= 11 is 1.78. The van der Waals surface area contributed by atoms with Crippen molar-refractivity contribution in [3.8, 4) is 0 Å². The van der Waals surface area contributed by atoms with E-state index in [2.05, 4.69) is 20.8 Å². The van der Waals surface area contributed by atoms with E-state index in [9.17, 15) is 4.79 Å². The van der Waals surface area contributed by atoms with E-state index in [1.807, 2.05) is 0 Å². The number of rotatable bonds is 4. The Labute approximate surface area is 92.0 Å². The molecule has 82 valence electrons. The monoisotopic (exact) mass is 214 g/mol. The molecule has 0 aromatic heterocycles. The predicted molar refractivity (Wildman–Crippen MR) is 63.7 cm³/mol. The van der Waals surface area contributed by atoms with Crippen LogP contribution in [0.2, 0.25) is 0 Å². The van der Waals surface area contributed by atoms with Crippen molar-refractivity contribution >= 4 is 17.5 Å². The molecule has 2 heteroatoms. The van der Waals surface area contributed by atoms with Crippen molar-refractivity contribution in [2.75, 3.05) is 5.75 Å². The fraction of sp³-hybridized carbons (Fsp3) is 0.917. The molecule has 0 bridgehead atoms. The Hall–Kier alpha value is 0.0200. The van der Waals surface area contributed by atoms with Crippen LogP contribution in [0, 0.1) is 11.8 Å². The molecule has 14 heavy (non-hydrogen) atoms. The lowest BCUT2D eigenvalue weighted by molar-refractivity contribution is -0.121. The summed E-state index contributed by atoms with van der Waals surface area (Å²) < 4.78 is 0. The van der Waals surface area contributed by atoms with Crippen molar-refractivity contribution in [3.05, 3.63) is 0 Å². The minimum Gasteiger partial charge on any atom is -0.298 e. The zero-order valence-electron chi connectivity index (χ0n) is 9.58. The number of hydrogen-bond donors (Lipinski definition) is 0. The molecule has 0 heterocycles. The minimum atomic E-state index is 0.380. The summed E-state index contributed by atoms with van der Waals surface area (Å²) in [5.41, 5.74) is 0. The SMILES string of the molecule is CC1CCCC(C(=O)CSC(C)C)C1. The number of Topliss-reactive ketones (excluding diaryl/α,β-unsaturated/α-hetero) is 1. The third kappa shape index (κ3) is 4.04. The lowest BCUT2D eigenvalue weighted by Gasteiger charge is -2.25. The first-order chi connectivity index (χ1) is 6.59. The van der Waals surface area contributed by atoms with Crippen molar-refractivity contribution in [3.63, 3.8) is 0 Å². The van der Waals surface area contributed by atoms with E-state index >= 15 is 0 Å². The van der Waals surface area contributed by atoms with E-state index in [0.717, 1.165) is 24.5 Å². The first kappa shape index (κ1) is 12.1. The molecule has 0 amide bonds. The van der Waals surface area contributed by atoms with Crippen LogP contribution in [0.1, 0.15) is 46.5 Å². The Kier molecular flexibility index (Phi) is 5.00. The van der Waals surface area contributed by atoms with E-state index in [4.69, 9.17) is 0 Å². The zero-order valence-corrected chi connectivity index (χ0v) is 10.4. The fourth-order valence-electron chi connectivity index (χ4n) is 2.09. The van der Waals surface area contributed by atoms with Gasteiger partial charge in [-0.05, 0) is 24.0 Å². The van der Waals surface area contributed by atoms with Gasteiger partial charge in [-0.1, -0.05) is 33.6 Å². The van der Waals surface area contributed by atoms with E-state index in [1.54, 1.807) is 11.8 Å². The molecule has 0 spiro atoms. The standard InChI is InChI=1S/C12H22OS/c1-9(2)14-8-12(13)11-6-4-5-10(3)7-11/h9-11H,4-8H2,1-3H3. The maximum absolute atomic E-state index is 11.8. The summed E-state index contributed by atoms with van der Waals surface area (Å²) in [5, 5.41) is 0.583. The topological polar surface area (TPSA) is 17.1 Å². The number of carbonyl (C=O) groups excluding carboxylic acids is 1. The molecule has 0 aromatic rings. The molecular weight excluding hydrogens is 192 g/mol. The van der Waals surface area contributed by atoms with Gasteiger partial charge in [-0.2, -0.15) is 11.8 Å². The van der Waals surface area contributed by atoms with E-state index < -0.39 is 0 Å². The van der Waals surface area contributed by atoms with Crippen molar-refractivity contribution in [1.29, 1.82) is 0 Å². The molecule has 0 aliphatic heterocycles. The second-order valence-electron chi connectivity index (χ2n) is 4.79. The summed E-state index contributed by atoms with van der Waals surface area (Å²) in [6, 6.07) is 0. The fourth-order valence-corrected chi connectivity index (χ4v) is 2.83. The number of ketones is 1. The van der Waals surface area contributed by atoms with Gasteiger partial charge in [-0.15, -0.1) is 0 Å². The molecule has 2 unspecified atom stereocenters. The Balaban J connectivity index is 2.29. The zero-order chi connectivity index (χ0) is 10.6. The quantitative estimate of drug-likeness (QED) is 0.712. The highest BCUT2D eigenvalue weighted by Gasteiger charge is 2.24. The van der Waals surface area contributed by atoms with E-state index in [-0.39, 0.29) is 0 Å². The average molecular weight is 214 g/mol. The smallest absolute Gasteiger partial charge is 0.145 e. The van der Waals surface area contributed by atoms with Gasteiger partial charge in [0.25, 0.3) is 0 Å². The summed E-state index contributed by atoms with van der Waals surface area (Å²) in [5.74, 6) is 2.37. The van der Waals surface area contributed by atoms with Gasteiger partial charge in [0.15, 0.2) is 0 Å². The van der Waals surface area contributed by atoms with Crippen LogP contribution in [-0.4, -0.2) is 16.8 Å². The molecular formula is C12H22OS. The van der Waals surface area contributed by atoms with Crippen LogP contribution < -0.4 is 0 Å². The van der Waals surface area contributed by atoms with Crippen LogP contribution in [-0.2, 0) is 4.79 Å². The van der Waals surface area contributed by atoms with Gasteiger partial charge in [0.2, 0.25) is 0 Å². The number of hydrogen-bond acceptors (Lipinski definition) is 2. The Bertz CT molecular complexity index is 189. The lowest BCUT2D eigenvalue weighted by atomic mass is 9.81. The molecule has 1 aliphatic carbocycles. The number of thioether (sulfide) groups is 1. The Morgan fingerprint density at radius 2 is 2.14 bits per heavy atom. The number of carbonyl (C=O) groups is 1. The second-order valence-corrected chi connectivity index (χ2v) is 6.36. The molecule has 0 saturated heterocycles. The molecule has 0 aromatic carbocycles. The van der Waals surface area contributed by atoms with Gasteiger partial charge in [-0.3, -0.25) is 4.79 Å². The van der Waals surface area contributed by atoms with Crippen LogP contribution >= 0.6 is 11.8 Å². The van der Waals surface area contributed by atoms with Gasteiger partial charge in [0.1, 0.15) is 5.78 Å². The van der Waals surface area contributed by atoms with Crippen molar-refractivity contribution in [2.45, 2.75) is 51.7 Å². The first-order valence-electron chi connectivity index (χ1n) is 5.74. The molecule has 0 radical (unpaired) electrons. The van der Waals surface area contributed by atoms with Crippen LogP contribution in [0.5, 0.6) is 0 Å². The molecule has 1 nitrogen and oxygen atoms in total. The van der Waals surface area contributed by atoms with Crippen LogP contribution in [0.3, 0.4) is 0 Å². The van der Waals surface area contributed by atoms with E-state index in [0.29, 0.717) is 17.0 Å². The Morgan fingerprint density at radius 1 is 1.43 bits per heavy atom. The maximum atomic E-state index is 11.8. The third-order valence-electron chi connectivity index (χ3n) is 2.95. The molecule has 1 aliphatic rings. The molecule has 2 atom stereocenters. The van der Waals surface area contributed by atoms with Crippen molar-refractivity contribution < 1.29 is 4.79 Å². The van der Waals surface area contributed by atoms with Gasteiger partial charge in [-0.25, -0.2) is 0 Å². The molecule has 0 N–H and O–H groups in total. The minimum absolute atomic E-state index is 0.380. The highest BCUT2D eigenvalue weighted by molar-refractivity contribution is 8.00. The second kappa shape index (κ2) is 5.79. The molecule has 1 fully saturated rings. The van der Waals surface area contributed by atoms with Gasteiger partial charge < -0.3 is 0 Å². The third-order valence-corrected chi connectivity index (χ3v) is 4.07. The first-order valence-corrected chi connectivity index (χ1v) is 6.78. The predicted octanol–water partition coefficient (Wildman–Crippen LogP) is 3.52. The van der Waals surface area contributed by atoms with Crippen LogP contribution in [0.25, 0.3) is 0 Å². The highest BCUT2D eigenvalue weighted by atomic mass is 32.2. The summed E-state index contributed by atoms with van der Waals surface area (Å²) in [4.78, 5) is 11.8. The average Bonchev–Trinajstić information content (AvgIpc) is 2.14. The highest BCUT2D eigenvalue weighted by Crippen LogP contribution is 2.30. The summed E-state index contributed by atoms with van der Waals surface area (Å²) in [6.45, 7) is 6.58. The van der Waals surface area contributed by atoms with Crippen molar-refractivity contribution in [2.24, 2.45) is 11.8 Å². The normalized spacial score (nSPS) is 28.0. The van der Waals surface area contributed by atoms with E-state index in [1.165, 1.54) is 12.8 Å². The van der Waals surface area contributed by atoms with Gasteiger partial charge in [0.05, 0.1) is 5.75 Å². The molecule has 1 saturated carbocycles. The Morgan fingerprint density at radius 3 is 2.71 bits per heavy atom. The van der Waals surface area contributed by atoms with Crippen LogP contribution in [0.15, 0.2) is 0 Å². The summed E-state index contributed by atoms with van der Waals surface area (Å²) in [6.07, 6.45) is 4.85.